The summed E-state index contributed by atoms with van der Waals surface area (Å²) in [5, 5.41) is 0. The lowest BCUT2D eigenvalue weighted by atomic mass is 10.2. The van der Waals surface area contributed by atoms with Crippen LogP contribution in [0.4, 0.5) is 0 Å². The van der Waals surface area contributed by atoms with Crippen LogP contribution < -0.4 is 0 Å². The van der Waals surface area contributed by atoms with Gasteiger partial charge < -0.3 is 4.90 Å². The molecule has 1 saturated carbocycles. The van der Waals surface area contributed by atoms with Crippen LogP contribution in [0.5, 0.6) is 0 Å². The standard InChI is InChI=1S/C13H17BrN2O/c1-2-7-16(9-10-3-4-10)13(17)12-6-5-11(14)8-15-12/h5-6,8,10H,2-4,7,9H2,1H3. The predicted molar refractivity (Wildman–Crippen MR) is 70.9 cm³/mol. The van der Waals surface area contributed by atoms with Crippen molar-refractivity contribution in [3.63, 3.8) is 0 Å². The third-order valence-electron chi connectivity index (χ3n) is 2.90. The minimum absolute atomic E-state index is 0.0613. The van der Waals surface area contributed by atoms with Crippen LogP contribution in [0.1, 0.15) is 36.7 Å². The zero-order valence-electron chi connectivity index (χ0n) is 10.0. The highest BCUT2D eigenvalue weighted by molar-refractivity contribution is 9.10. The number of pyridine rings is 1. The van der Waals surface area contributed by atoms with E-state index in [1.165, 1.54) is 12.8 Å². The summed E-state index contributed by atoms with van der Waals surface area (Å²) in [5.41, 5.74) is 0.544. The Morgan fingerprint density at radius 1 is 1.53 bits per heavy atom. The second-order valence-corrected chi connectivity index (χ2v) is 5.47. The lowest BCUT2D eigenvalue weighted by Gasteiger charge is -2.21. The van der Waals surface area contributed by atoms with Crippen LogP contribution in [0.25, 0.3) is 0 Å². The Labute approximate surface area is 110 Å². The number of rotatable bonds is 5. The molecule has 1 heterocycles. The van der Waals surface area contributed by atoms with Crippen LogP contribution in [-0.2, 0) is 0 Å². The maximum absolute atomic E-state index is 12.3. The zero-order valence-corrected chi connectivity index (χ0v) is 11.6. The summed E-state index contributed by atoms with van der Waals surface area (Å²) in [6, 6.07) is 3.64. The van der Waals surface area contributed by atoms with Crippen molar-refractivity contribution in [1.82, 2.24) is 9.88 Å². The van der Waals surface area contributed by atoms with E-state index in [4.69, 9.17) is 0 Å². The maximum atomic E-state index is 12.3. The van der Waals surface area contributed by atoms with Gasteiger partial charge in [0.15, 0.2) is 0 Å². The Balaban J connectivity index is 2.05. The number of halogens is 1. The van der Waals surface area contributed by atoms with E-state index in [1.807, 2.05) is 11.0 Å². The first-order valence-electron chi connectivity index (χ1n) is 6.11. The first-order chi connectivity index (χ1) is 8.20. The van der Waals surface area contributed by atoms with Gasteiger partial charge in [-0.25, -0.2) is 4.98 Å². The van der Waals surface area contributed by atoms with E-state index < -0.39 is 0 Å². The summed E-state index contributed by atoms with van der Waals surface area (Å²) in [5.74, 6) is 0.784. The van der Waals surface area contributed by atoms with Crippen molar-refractivity contribution in [2.24, 2.45) is 5.92 Å². The molecule has 1 aromatic heterocycles. The molecule has 0 bridgehead atoms. The van der Waals surface area contributed by atoms with Gasteiger partial charge in [-0.2, -0.15) is 0 Å². The molecule has 1 aliphatic rings. The number of amides is 1. The van der Waals surface area contributed by atoms with Crippen LogP contribution in [0.15, 0.2) is 22.8 Å². The van der Waals surface area contributed by atoms with Crippen LogP contribution >= 0.6 is 15.9 Å². The summed E-state index contributed by atoms with van der Waals surface area (Å²) in [6.45, 7) is 3.82. The SMILES string of the molecule is CCCN(CC1CC1)C(=O)c1ccc(Br)cn1. The van der Waals surface area contributed by atoms with Crippen LogP contribution in [0, 0.1) is 5.92 Å². The summed E-state index contributed by atoms with van der Waals surface area (Å²) in [4.78, 5) is 18.4. The lowest BCUT2D eigenvalue weighted by molar-refractivity contribution is 0.0742. The predicted octanol–water partition coefficient (Wildman–Crippen LogP) is 3.11. The van der Waals surface area contributed by atoms with Gasteiger partial charge in [-0.05, 0) is 53.2 Å². The summed E-state index contributed by atoms with van der Waals surface area (Å²) >= 11 is 3.33. The van der Waals surface area contributed by atoms with Crippen molar-refractivity contribution in [2.45, 2.75) is 26.2 Å². The molecule has 3 nitrogen and oxygen atoms in total. The largest absolute Gasteiger partial charge is 0.337 e. The molecular formula is C13H17BrN2O. The van der Waals surface area contributed by atoms with Crippen LogP contribution in [0.2, 0.25) is 0 Å². The highest BCUT2D eigenvalue weighted by Crippen LogP contribution is 2.30. The molecule has 0 aliphatic heterocycles. The van der Waals surface area contributed by atoms with Crippen LogP contribution in [-0.4, -0.2) is 28.9 Å². The molecule has 92 valence electrons. The van der Waals surface area contributed by atoms with Gasteiger partial charge in [0.2, 0.25) is 0 Å². The average molecular weight is 297 g/mol. The summed E-state index contributed by atoms with van der Waals surface area (Å²) < 4.78 is 0.901. The molecule has 4 heteroatoms. The Morgan fingerprint density at radius 2 is 2.29 bits per heavy atom. The normalized spacial score (nSPS) is 14.7. The Morgan fingerprint density at radius 3 is 2.82 bits per heavy atom. The highest BCUT2D eigenvalue weighted by atomic mass is 79.9. The molecular weight excluding hydrogens is 280 g/mol. The maximum Gasteiger partial charge on any atom is 0.272 e. The van der Waals surface area contributed by atoms with E-state index in [1.54, 1.807) is 12.3 Å². The number of nitrogens with zero attached hydrogens (tertiary/aromatic N) is 2. The molecule has 17 heavy (non-hydrogen) atoms. The van der Waals surface area contributed by atoms with Gasteiger partial charge in [0, 0.05) is 23.8 Å². The molecule has 1 aliphatic carbocycles. The molecule has 0 atom stereocenters. The summed E-state index contributed by atoms with van der Waals surface area (Å²) in [7, 11) is 0. The van der Waals surface area contributed by atoms with Crippen LogP contribution in [0.3, 0.4) is 0 Å². The fraction of sp³-hybridized carbons (Fsp3) is 0.538. The van der Waals surface area contributed by atoms with Crippen molar-refractivity contribution in [3.8, 4) is 0 Å². The minimum atomic E-state index is 0.0613. The van der Waals surface area contributed by atoms with Crippen molar-refractivity contribution in [2.75, 3.05) is 13.1 Å². The Hall–Kier alpha value is -0.900. The number of carbonyl (C=O) groups excluding carboxylic acids is 1. The number of aromatic nitrogens is 1. The second-order valence-electron chi connectivity index (χ2n) is 4.56. The van der Waals surface area contributed by atoms with E-state index in [0.29, 0.717) is 5.69 Å². The molecule has 0 spiro atoms. The van der Waals surface area contributed by atoms with Gasteiger partial charge in [-0.15, -0.1) is 0 Å². The van der Waals surface area contributed by atoms with Gasteiger partial charge in [0.05, 0.1) is 0 Å². The van der Waals surface area contributed by atoms with E-state index in [-0.39, 0.29) is 5.91 Å². The van der Waals surface area contributed by atoms with E-state index in [9.17, 15) is 4.79 Å². The third-order valence-corrected chi connectivity index (χ3v) is 3.37. The van der Waals surface area contributed by atoms with Crippen molar-refractivity contribution < 1.29 is 4.79 Å². The van der Waals surface area contributed by atoms with Gasteiger partial charge in [-0.3, -0.25) is 4.79 Å². The van der Waals surface area contributed by atoms with Gasteiger partial charge in [-0.1, -0.05) is 6.92 Å². The molecule has 0 unspecified atom stereocenters. The van der Waals surface area contributed by atoms with Crippen molar-refractivity contribution in [3.05, 3.63) is 28.5 Å². The fourth-order valence-corrected chi connectivity index (χ4v) is 2.06. The van der Waals surface area contributed by atoms with Gasteiger partial charge in [0.1, 0.15) is 5.69 Å². The minimum Gasteiger partial charge on any atom is -0.337 e. The molecule has 0 aromatic carbocycles. The van der Waals surface area contributed by atoms with Gasteiger partial charge in [0.25, 0.3) is 5.91 Å². The first kappa shape index (κ1) is 12.6. The van der Waals surface area contributed by atoms with E-state index >= 15 is 0 Å². The summed E-state index contributed by atoms with van der Waals surface area (Å²) in [6.07, 6.45) is 5.20. The van der Waals surface area contributed by atoms with E-state index in [2.05, 4.69) is 27.8 Å². The molecule has 1 aromatic rings. The topological polar surface area (TPSA) is 33.2 Å². The number of hydrogen-bond acceptors (Lipinski definition) is 2. The molecule has 0 N–H and O–H groups in total. The third kappa shape index (κ3) is 3.53. The second kappa shape index (κ2) is 5.63. The first-order valence-corrected chi connectivity index (χ1v) is 6.91. The van der Waals surface area contributed by atoms with Crippen molar-refractivity contribution >= 4 is 21.8 Å². The molecule has 2 rings (SSSR count). The zero-order chi connectivity index (χ0) is 12.3. The number of carbonyl (C=O) groups is 1. The Kier molecular flexibility index (Phi) is 4.15. The average Bonchev–Trinajstić information content (AvgIpc) is 3.13. The Bertz CT molecular complexity index is 387. The lowest BCUT2D eigenvalue weighted by Crippen LogP contribution is -2.34. The molecule has 0 saturated heterocycles. The fourth-order valence-electron chi connectivity index (χ4n) is 1.82. The molecule has 0 radical (unpaired) electrons. The smallest absolute Gasteiger partial charge is 0.272 e. The monoisotopic (exact) mass is 296 g/mol. The van der Waals surface area contributed by atoms with Gasteiger partial charge >= 0.3 is 0 Å². The number of hydrogen-bond donors (Lipinski definition) is 0. The molecule has 1 fully saturated rings. The highest BCUT2D eigenvalue weighted by Gasteiger charge is 2.27. The molecule has 1 amide bonds. The quantitative estimate of drug-likeness (QED) is 0.836. The van der Waals surface area contributed by atoms with Crippen molar-refractivity contribution in [1.29, 1.82) is 0 Å². The van der Waals surface area contributed by atoms with E-state index in [0.717, 1.165) is 29.9 Å².